The zero-order valence-corrected chi connectivity index (χ0v) is 15.8. The van der Waals surface area contributed by atoms with E-state index in [1.807, 2.05) is 25.1 Å². The summed E-state index contributed by atoms with van der Waals surface area (Å²) in [7, 11) is 0. The smallest absolute Gasteiger partial charge is 0.289 e. The Bertz CT molecular complexity index is 840. The van der Waals surface area contributed by atoms with Crippen LogP contribution in [-0.2, 0) is 4.79 Å². The van der Waals surface area contributed by atoms with Crippen molar-refractivity contribution in [2.75, 3.05) is 26.3 Å². The number of piperidine rings is 1. The van der Waals surface area contributed by atoms with Gasteiger partial charge in [-0.3, -0.25) is 9.59 Å². The van der Waals surface area contributed by atoms with E-state index in [4.69, 9.17) is 13.9 Å². The number of carbonyl (C=O) groups excluding carboxylic acids is 2. The molecule has 1 aromatic heterocycles. The molecule has 1 aromatic carbocycles. The molecule has 28 heavy (non-hydrogen) atoms. The Kier molecular flexibility index (Phi) is 5.23. The van der Waals surface area contributed by atoms with Crippen LogP contribution in [-0.4, -0.2) is 43.0 Å². The van der Waals surface area contributed by atoms with Gasteiger partial charge in [0.2, 0.25) is 5.91 Å². The minimum Gasteiger partial charge on any atom is -0.486 e. The molecule has 0 spiro atoms. The summed E-state index contributed by atoms with van der Waals surface area (Å²) in [6.45, 7) is 4.15. The fourth-order valence-corrected chi connectivity index (χ4v) is 3.64. The van der Waals surface area contributed by atoms with Gasteiger partial charge in [-0.25, -0.2) is 0 Å². The number of ether oxygens (including phenoxy) is 2. The molecule has 1 fully saturated rings. The average molecular weight is 384 g/mol. The summed E-state index contributed by atoms with van der Waals surface area (Å²) in [6.07, 6.45) is 2.78. The first-order valence-electron chi connectivity index (χ1n) is 9.64. The van der Waals surface area contributed by atoms with E-state index in [2.05, 4.69) is 5.32 Å². The van der Waals surface area contributed by atoms with Crippen LogP contribution in [0.25, 0.3) is 0 Å². The number of fused-ring (bicyclic) bond motifs is 1. The molecule has 1 saturated heterocycles. The highest BCUT2D eigenvalue weighted by Crippen LogP contribution is 2.32. The molecule has 0 saturated carbocycles. The van der Waals surface area contributed by atoms with Crippen molar-refractivity contribution >= 4 is 11.8 Å². The van der Waals surface area contributed by atoms with E-state index in [0.29, 0.717) is 44.9 Å². The Balaban J connectivity index is 1.31. The van der Waals surface area contributed by atoms with Gasteiger partial charge < -0.3 is 24.1 Å². The van der Waals surface area contributed by atoms with Gasteiger partial charge in [0, 0.05) is 19.0 Å². The lowest BCUT2D eigenvalue weighted by atomic mass is 9.95. The number of benzene rings is 1. The lowest BCUT2D eigenvalue weighted by Gasteiger charge is -2.31. The van der Waals surface area contributed by atoms with Gasteiger partial charge in [-0.15, -0.1) is 0 Å². The van der Waals surface area contributed by atoms with Gasteiger partial charge in [0.25, 0.3) is 5.91 Å². The van der Waals surface area contributed by atoms with Crippen molar-refractivity contribution in [3.05, 3.63) is 47.9 Å². The maximum Gasteiger partial charge on any atom is 0.289 e. The molecule has 1 atom stereocenters. The molecule has 0 radical (unpaired) electrons. The first-order valence-corrected chi connectivity index (χ1v) is 9.64. The van der Waals surface area contributed by atoms with Gasteiger partial charge in [-0.05, 0) is 49.6 Å². The maximum absolute atomic E-state index is 12.7. The number of likely N-dealkylation sites (tertiary alicyclic amines) is 1. The predicted molar refractivity (Wildman–Crippen MR) is 101 cm³/mol. The zero-order chi connectivity index (χ0) is 19.5. The number of hydrogen-bond donors (Lipinski definition) is 1. The minimum absolute atomic E-state index is 0.0208. The number of carbonyl (C=O) groups is 2. The zero-order valence-electron chi connectivity index (χ0n) is 15.8. The van der Waals surface area contributed by atoms with Gasteiger partial charge in [0.05, 0.1) is 12.3 Å². The molecule has 0 unspecified atom stereocenters. The fourth-order valence-electron chi connectivity index (χ4n) is 3.64. The minimum atomic E-state index is -0.133. The van der Waals surface area contributed by atoms with Crippen LogP contribution in [0.5, 0.6) is 11.5 Å². The van der Waals surface area contributed by atoms with Crippen LogP contribution < -0.4 is 14.8 Å². The van der Waals surface area contributed by atoms with Gasteiger partial charge in [-0.2, -0.15) is 0 Å². The summed E-state index contributed by atoms with van der Waals surface area (Å²) >= 11 is 0. The third-order valence-corrected chi connectivity index (χ3v) is 5.31. The van der Waals surface area contributed by atoms with Crippen LogP contribution >= 0.6 is 0 Å². The Hall–Kier alpha value is -2.96. The number of amides is 2. The van der Waals surface area contributed by atoms with Gasteiger partial charge in [-0.1, -0.05) is 6.07 Å². The molecule has 2 aliphatic heterocycles. The number of furan rings is 1. The molecule has 3 heterocycles. The van der Waals surface area contributed by atoms with Gasteiger partial charge >= 0.3 is 0 Å². The normalized spacial score (nSPS) is 17.8. The Labute approximate surface area is 163 Å². The topological polar surface area (TPSA) is 81.0 Å². The van der Waals surface area contributed by atoms with Crippen molar-refractivity contribution in [2.45, 2.75) is 25.8 Å². The Morgan fingerprint density at radius 2 is 1.86 bits per heavy atom. The second-order valence-electron chi connectivity index (χ2n) is 7.18. The van der Waals surface area contributed by atoms with Crippen LogP contribution in [0.3, 0.4) is 0 Å². The molecule has 148 valence electrons. The monoisotopic (exact) mass is 384 g/mol. The first-order chi connectivity index (χ1) is 13.6. The molecule has 2 aliphatic rings. The largest absolute Gasteiger partial charge is 0.486 e. The number of nitrogens with one attached hydrogen (secondary N) is 1. The molecular weight excluding hydrogens is 360 g/mol. The molecule has 4 rings (SSSR count). The van der Waals surface area contributed by atoms with E-state index in [-0.39, 0.29) is 23.8 Å². The highest BCUT2D eigenvalue weighted by atomic mass is 16.6. The van der Waals surface area contributed by atoms with Crippen LogP contribution in [0.1, 0.15) is 41.9 Å². The molecule has 7 nitrogen and oxygen atoms in total. The van der Waals surface area contributed by atoms with Crippen molar-refractivity contribution in [3.8, 4) is 11.5 Å². The van der Waals surface area contributed by atoms with Crippen LogP contribution in [0.4, 0.5) is 0 Å². The second kappa shape index (κ2) is 7.96. The van der Waals surface area contributed by atoms with Crippen molar-refractivity contribution in [1.29, 1.82) is 0 Å². The Morgan fingerprint density at radius 3 is 2.57 bits per heavy atom. The summed E-state index contributed by atoms with van der Waals surface area (Å²) < 4.78 is 16.3. The molecular formula is C21H24N2O5. The van der Waals surface area contributed by atoms with Gasteiger partial charge in [0.15, 0.2) is 17.3 Å². The molecule has 1 N–H and O–H groups in total. The SMILES string of the molecule is C[C@H](NC(=O)C1CCN(C(=O)c2ccco2)CC1)c1ccc2c(c1)OCCO2. The number of hydrogen-bond acceptors (Lipinski definition) is 5. The highest BCUT2D eigenvalue weighted by Gasteiger charge is 2.29. The van der Waals surface area contributed by atoms with Crippen LogP contribution in [0.15, 0.2) is 41.0 Å². The lowest BCUT2D eigenvalue weighted by molar-refractivity contribution is -0.127. The molecule has 7 heteroatoms. The summed E-state index contributed by atoms with van der Waals surface area (Å²) in [6, 6.07) is 8.98. The lowest BCUT2D eigenvalue weighted by Crippen LogP contribution is -2.43. The maximum atomic E-state index is 12.7. The molecule has 0 bridgehead atoms. The van der Waals surface area contributed by atoms with Crippen molar-refractivity contribution in [1.82, 2.24) is 10.2 Å². The highest BCUT2D eigenvalue weighted by molar-refractivity contribution is 5.91. The van der Waals surface area contributed by atoms with Gasteiger partial charge in [0.1, 0.15) is 13.2 Å². The summed E-state index contributed by atoms with van der Waals surface area (Å²) in [5.41, 5.74) is 0.975. The molecule has 2 aromatic rings. The van der Waals surface area contributed by atoms with E-state index in [0.717, 1.165) is 17.1 Å². The second-order valence-corrected chi connectivity index (χ2v) is 7.18. The van der Waals surface area contributed by atoms with Crippen molar-refractivity contribution < 1.29 is 23.5 Å². The average Bonchev–Trinajstić information content (AvgIpc) is 3.28. The third-order valence-electron chi connectivity index (χ3n) is 5.31. The van der Waals surface area contributed by atoms with E-state index in [1.54, 1.807) is 17.0 Å². The quantitative estimate of drug-likeness (QED) is 0.877. The van der Waals surface area contributed by atoms with Crippen molar-refractivity contribution in [3.63, 3.8) is 0 Å². The van der Waals surface area contributed by atoms with Crippen molar-refractivity contribution in [2.24, 2.45) is 5.92 Å². The molecule has 2 amide bonds. The first kappa shape index (κ1) is 18.4. The standard InChI is InChI=1S/C21H24N2O5/c1-14(16-4-5-17-19(13-16)28-12-11-27-17)22-20(24)15-6-8-23(9-7-15)21(25)18-3-2-10-26-18/h2-5,10,13-15H,6-9,11-12H2,1H3,(H,22,24)/t14-/m0/s1. The Morgan fingerprint density at radius 1 is 1.11 bits per heavy atom. The van der Waals surface area contributed by atoms with Crippen LogP contribution in [0.2, 0.25) is 0 Å². The summed E-state index contributed by atoms with van der Waals surface area (Å²) in [4.78, 5) is 26.8. The fraction of sp³-hybridized carbons (Fsp3) is 0.429. The summed E-state index contributed by atoms with van der Waals surface area (Å²) in [5, 5.41) is 3.09. The van der Waals surface area contributed by atoms with E-state index in [9.17, 15) is 9.59 Å². The number of rotatable bonds is 4. The summed E-state index contributed by atoms with van der Waals surface area (Å²) in [5.74, 6) is 1.60. The predicted octanol–water partition coefficient (Wildman–Crippen LogP) is 2.78. The molecule has 0 aliphatic carbocycles. The third kappa shape index (κ3) is 3.83. The number of nitrogens with zero attached hydrogens (tertiary/aromatic N) is 1. The van der Waals surface area contributed by atoms with E-state index < -0.39 is 0 Å². The van der Waals surface area contributed by atoms with Crippen LogP contribution in [0, 0.1) is 5.92 Å². The van der Waals surface area contributed by atoms with E-state index in [1.165, 1.54) is 6.26 Å². The van der Waals surface area contributed by atoms with E-state index >= 15 is 0 Å².